The first-order valence-electron chi connectivity index (χ1n) is 7.68. The maximum Gasteiger partial charge on any atom is 0.240 e. The van der Waals surface area contributed by atoms with Gasteiger partial charge in [0.2, 0.25) is 12.2 Å². The largest absolute Gasteiger partial charge is 0.240 e. The summed E-state index contributed by atoms with van der Waals surface area (Å²) in [5.41, 5.74) is 4.04. The lowest BCUT2D eigenvalue weighted by molar-refractivity contribution is 0.564. The Morgan fingerprint density at radius 3 is 1.86 bits per heavy atom. The first-order chi connectivity index (χ1) is 10.3. The van der Waals surface area contributed by atoms with Gasteiger partial charge in [-0.3, -0.25) is 0 Å². The summed E-state index contributed by atoms with van der Waals surface area (Å²) in [7, 11) is 0. The van der Waals surface area contributed by atoms with Gasteiger partial charge in [0.15, 0.2) is 0 Å². The number of nitrogens with zero attached hydrogens (tertiary/aromatic N) is 2. The van der Waals surface area contributed by atoms with Crippen LogP contribution in [0.5, 0.6) is 0 Å². The third-order valence-electron chi connectivity index (χ3n) is 3.56. The molecule has 0 heterocycles. The van der Waals surface area contributed by atoms with Crippen molar-refractivity contribution in [2.75, 3.05) is 0 Å². The number of isocyanates is 2. The standard InChI is InChI=1S/C18H24N2O2/c1-11(2)7-14-8-15(12(3)4)18(20-10-22)16(13(5)6)17(14)19-9-21/h8,11-13H,7H2,1-6H3. The zero-order valence-electron chi connectivity index (χ0n) is 14.2. The maximum atomic E-state index is 10.9. The van der Waals surface area contributed by atoms with Gasteiger partial charge >= 0.3 is 0 Å². The molecule has 0 radical (unpaired) electrons. The van der Waals surface area contributed by atoms with Crippen LogP contribution in [0.2, 0.25) is 0 Å². The third kappa shape index (κ3) is 4.00. The van der Waals surface area contributed by atoms with Gasteiger partial charge in [-0.25, -0.2) is 9.59 Å². The Morgan fingerprint density at radius 2 is 1.45 bits per heavy atom. The van der Waals surface area contributed by atoms with E-state index in [-0.39, 0.29) is 11.8 Å². The first kappa shape index (κ1) is 18.0. The number of rotatable bonds is 6. The molecule has 4 heteroatoms. The number of hydrogen-bond donors (Lipinski definition) is 0. The second kappa shape index (κ2) is 7.84. The summed E-state index contributed by atoms with van der Waals surface area (Å²) in [6.45, 7) is 12.4. The van der Waals surface area contributed by atoms with Crippen molar-refractivity contribution < 1.29 is 9.59 Å². The van der Waals surface area contributed by atoms with E-state index in [1.54, 1.807) is 12.2 Å². The summed E-state index contributed by atoms with van der Waals surface area (Å²) in [6, 6.07) is 2.02. The highest BCUT2D eigenvalue weighted by Crippen LogP contribution is 2.43. The van der Waals surface area contributed by atoms with E-state index < -0.39 is 0 Å². The van der Waals surface area contributed by atoms with Gasteiger partial charge in [-0.05, 0) is 35.3 Å². The molecule has 0 saturated carbocycles. The molecule has 0 aliphatic carbocycles. The van der Waals surface area contributed by atoms with Crippen LogP contribution in [0.4, 0.5) is 11.4 Å². The molecule has 4 nitrogen and oxygen atoms in total. The van der Waals surface area contributed by atoms with Crippen LogP contribution in [0.1, 0.15) is 70.1 Å². The highest BCUT2D eigenvalue weighted by Gasteiger charge is 2.22. The van der Waals surface area contributed by atoms with Crippen LogP contribution in [-0.4, -0.2) is 12.2 Å². The third-order valence-corrected chi connectivity index (χ3v) is 3.56. The van der Waals surface area contributed by atoms with E-state index in [1.807, 2.05) is 19.9 Å². The number of carbonyl (C=O) groups excluding carboxylic acids is 2. The van der Waals surface area contributed by atoms with Gasteiger partial charge in [-0.2, -0.15) is 9.98 Å². The summed E-state index contributed by atoms with van der Waals surface area (Å²) >= 11 is 0. The summed E-state index contributed by atoms with van der Waals surface area (Å²) in [4.78, 5) is 29.6. The Hall–Kier alpha value is -2.02. The van der Waals surface area contributed by atoms with Crippen LogP contribution in [-0.2, 0) is 16.0 Å². The lowest BCUT2D eigenvalue weighted by Crippen LogP contribution is -2.03. The quantitative estimate of drug-likeness (QED) is 0.544. The molecule has 0 aliphatic heterocycles. The van der Waals surface area contributed by atoms with Gasteiger partial charge in [0.1, 0.15) is 0 Å². The first-order valence-corrected chi connectivity index (χ1v) is 7.68. The highest BCUT2D eigenvalue weighted by atomic mass is 16.1. The Bertz CT molecular complexity index is 633. The average Bonchev–Trinajstić information content (AvgIpc) is 2.40. The Labute approximate surface area is 132 Å². The molecule has 0 aliphatic rings. The van der Waals surface area contributed by atoms with Crippen molar-refractivity contribution in [2.24, 2.45) is 15.9 Å². The van der Waals surface area contributed by atoms with Crippen molar-refractivity contribution in [3.8, 4) is 0 Å². The molecular weight excluding hydrogens is 276 g/mol. The molecule has 0 saturated heterocycles. The summed E-state index contributed by atoms with van der Waals surface area (Å²) in [5.74, 6) is 0.731. The molecule has 0 N–H and O–H groups in total. The van der Waals surface area contributed by atoms with Crippen LogP contribution in [0.15, 0.2) is 16.1 Å². The van der Waals surface area contributed by atoms with E-state index in [2.05, 4.69) is 37.7 Å². The van der Waals surface area contributed by atoms with E-state index in [1.165, 1.54) is 0 Å². The molecule has 1 rings (SSSR count). The molecule has 0 amide bonds. The Morgan fingerprint density at radius 1 is 0.909 bits per heavy atom. The molecule has 0 bridgehead atoms. The minimum atomic E-state index is 0.0869. The summed E-state index contributed by atoms with van der Waals surface area (Å²) in [5, 5.41) is 0. The van der Waals surface area contributed by atoms with Crippen molar-refractivity contribution in [3.63, 3.8) is 0 Å². The van der Waals surface area contributed by atoms with Crippen LogP contribution >= 0.6 is 0 Å². The van der Waals surface area contributed by atoms with Crippen molar-refractivity contribution in [1.82, 2.24) is 0 Å². The van der Waals surface area contributed by atoms with E-state index in [0.29, 0.717) is 17.3 Å². The van der Waals surface area contributed by atoms with E-state index in [0.717, 1.165) is 23.1 Å². The summed E-state index contributed by atoms with van der Waals surface area (Å²) in [6.07, 6.45) is 4.10. The molecule has 1 aromatic carbocycles. The van der Waals surface area contributed by atoms with Crippen molar-refractivity contribution in [1.29, 1.82) is 0 Å². The maximum absolute atomic E-state index is 10.9. The van der Waals surface area contributed by atoms with E-state index >= 15 is 0 Å². The average molecular weight is 300 g/mol. The van der Waals surface area contributed by atoms with Crippen molar-refractivity contribution >= 4 is 23.5 Å². The second-order valence-electron chi connectivity index (χ2n) is 6.55. The fourth-order valence-corrected chi connectivity index (χ4v) is 2.70. The minimum absolute atomic E-state index is 0.0869. The number of hydrogen-bond acceptors (Lipinski definition) is 4. The fraction of sp³-hybridized carbons (Fsp3) is 0.556. The molecule has 118 valence electrons. The predicted molar refractivity (Wildman–Crippen MR) is 88.7 cm³/mol. The highest BCUT2D eigenvalue weighted by molar-refractivity contribution is 5.73. The lowest BCUT2D eigenvalue weighted by Gasteiger charge is -2.21. The van der Waals surface area contributed by atoms with Crippen molar-refractivity contribution in [2.45, 2.75) is 59.8 Å². The molecule has 0 atom stereocenters. The smallest absolute Gasteiger partial charge is 0.211 e. The lowest BCUT2D eigenvalue weighted by atomic mass is 9.86. The van der Waals surface area contributed by atoms with Crippen LogP contribution in [0.25, 0.3) is 0 Å². The molecule has 0 spiro atoms. The SMILES string of the molecule is CC(C)Cc1cc(C(C)C)c(N=C=O)c(C(C)C)c1N=C=O. The Kier molecular flexibility index (Phi) is 6.42. The van der Waals surface area contributed by atoms with Crippen LogP contribution in [0, 0.1) is 5.92 Å². The van der Waals surface area contributed by atoms with Gasteiger partial charge in [-0.15, -0.1) is 0 Å². The molecule has 22 heavy (non-hydrogen) atoms. The Balaban J connectivity index is 3.87. The van der Waals surface area contributed by atoms with Gasteiger partial charge in [0.25, 0.3) is 0 Å². The van der Waals surface area contributed by atoms with E-state index in [4.69, 9.17) is 0 Å². The molecule has 0 fully saturated rings. The number of aliphatic imine (C=N–C) groups is 2. The van der Waals surface area contributed by atoms with Gasteiger partial charge in [0.05, 0.1) is 11.4 Å². The van der Waals surface area contributed by atoms with Gasteiger partial charge in [-0.1, -0.05) is 47.6 Å². The zero-order valence-corrected chi connectivity index (χ0v) is 14.2. The van der Waals surface area contributed by atoms with Crippen molar-refractivity contribution in [3.05, 3.63) is 22.8 Å². The van der Waals surface area contributed by atoms with E-state index in [9.17, 15) is 9.59 Å². The van der Waals surface area contributed by atoms with Gasteiger partial charge in [0, 0.05) is 5.56 Å². The van der Waals surface area contributed by atoms with Crippen LogP contribution < -0.4 is 0 Å². The normalized spacial score (nSPS) is 10.8. The predicted octanol–water partition coefficient (Wildman–Crippen LogP) is 5.07. The molecular formula is C18H24N2O2. The minimum Gasteiger partial charge on any atom is -0.211 e. The fourth-order valence-electron chi connectivity index (χ4n) is 2.70. The summed E-state index contributed by atoms with van der Waals surface area (Å²) < 4.78 is 0. The number of benzene rings is 1. The molecule has 1 aromatic rings. The second-order valence-corrected chi connectivity index (χ2v) is 6.55. The molecule has 0 unspecified atom stereocenters. The van der Waals surface area contributed by atoms with Gasteiger partial charge < -0.3 is 0 Å². The molecule has 0 aromatic heterocycles. The zero-order chi connectivity index (χ0) is 16.9. The topological polar surface area (TPSA) is 58.9 Å². The monoisotopic (exact) mass is 300 g/mol. The van der Waals surface area contributed by atoms with Crippen LogP contribution in [0.3, 0.4) is 0 Å².